The van der Waals surface area contributed by atoms with Crippen molar-refractivity contribution in [2.24, 2.45) is 0 Å². The molecule has 4 rings (SSSR count). The van der Waals surface area contributed by atoms with Gasteiger partial charge in [0.1, 0.15) is 0 Å². The molecule has 0 atom stereocenters. The number of halogens is 1. The number of anilines is 1. The third-order valence-corrected chi connectivity index (χ3v) is 8.89. The fourth-order valence-corrected chi connectivity index (χ4v) is 6.30. The van der Waals surface area contributed by atoms with Crippen molar-refractivity contribution in [1.29, 1.82) is 0 Å². The van der Waals surface area contributed by atoms with E-state index >= 15 is 0 Å². The van der Waals surface area contributed by atoms with Gasteiger partial charge in [0.25, 0.3) is 10.0 Å². The number of ketones is 1. The number of aryl methyl sites for hydroxylation is 1. The van der Waals surface area contributed by atoms with Gasteiger partial charge >= 0.3 is 0 Å². The molecule has 1 aliphatic heterocycles. The summed E-state index contributed by atoms with van der Waals surface area (Å²) in [6.07, 6.45) is 2.55. The minimum Gasteiger partial charge on any atom is -0.294 e. The summed E-state index contributed by atoms with van der Waals surface area (Å²) in [6, 6.07) is 17.5. The van der Waals surface area contributed by atoms with Crippen LogP contribution in [0.4, 0.5) is 5.69 Å². The van der Waals surface area contributed by atoms with E-state index < -0.39 is 19.9 Å². The van der Waals surface area contributed by atoms with Crippen molar-refractivity contribution in [3.63, 3.8) is 0 Å². The Morgan fingerprint density at radius 1 is 0.939 bits per heavy atom. The van der Waals surface area contributed by atoms with E-state index in [2.05, 4.69) is 0 Å². The lowest BCUT2D eigenvalue weighted by atomic mass is 9.97. The average Bonchev–Trinajstić information content (AvgIpc) is 2.78. The maximum Gasteiger partial charge on any atom is 0.264 e. The van der Waals surface area contributed by atoms with Gasteiger partial charge in [-0.1, -0.05) is 35.9 Å². The molecule has 0 N–H and O–H groups in total. The van der Waals surface area contributed by atoms with Gasteiger partial charge in [-0.25, -0.2) is 16.8 Å². The van der Waals surface area contributed by atoms with Gasteiger partial charge < -0.3 is 0 Å². The lowest BCUT2D eigenvalue weighted by molar-refractivity contribution is 0.0993. The third-order valence-electron chi connectivity index (χ3n) is 5.60. The average molecular weight is 504 g/mol. The van der Waals surface area contributed by atoms with Crippen molar-refractivity contribution in [1.82, 2.24) is 0 Å². The molecule has 0 saturated carbocycles. The second kappa shape index (κ2) is 8.93. The highest BCUT2D eigenvalue weighted by atomic mass is 35.5. The van der Waals surface area contributed by atoms with Gasteiger partial charge in [0.15, 0.2) is 15.6 Å². The summed E-state index contributed by atoms with van der Waals surface area (Å²) >= 11 is 6.14. The fourth-order valence-electron chi connectivity index (χ4n) is 3.90. The van der Waals surface area contributed by atoms with Gasteiger partial charge in [-0.05, 0) is 66.4 Å². The SMILES string of the molecule is CS(=O)(=O)c1ccc(S(=O)(=O)N2CCCc3ccc(CC(=O)c4ccccc4Cl)cc32)cc1. The summed E-state index contributed by atoms with van der Waals surface area (Å²) in [6.45, 7) is 0.297. The molecule has 0 saturated heterocycles. The molecule has 0 bridgehead atoms. The first-order valence-corrected chi connectivity index (χ1v) is 14.0. The lowest BCUT2D eigenvalue weighted by Gasteiger charge is -2.31. The first-order chi connectivity index (χ1) is 15.6. The van der Waals surface area contributed by atoms with E-state index in [4.69, 9.17) is 11.6 Å². The highest BCUT2D eigenvalue weighted by Gasteiger charge is 2.29. The van der Waals surface area contributed by atoms with Crippen LogP contribution in [0.15, 0.2) is 76.5 Å². The van der Waals surface area contributed by atoms with E-state index in [-0.39, 0.29) is 22.0 Å². The Bertz CT molecular complexity index is 1430. The van der Waals surface area contributed by atoms with Crippen LogP contribution in [0.5, 0.6) is 0 Å². The molecule has 0 fully saturated rings. The number of fused-ring (bicyclic) bond motifs is 1. The summed E-state index contributed by atoms with van der Waals surface area (Å²) in [7, 11) is -7.34. The summed E-state index contributed by atoms with van der Waals surface area (Å²) in [5.74, 6) is -0.151. The van der Waals surface area contributed by atoms with Crippen LogP contribution in [-0.4, -0.2) is 35.4 Å². The van der Waals surface area contributed by atoms with Crippen molar-refractivity contribution < 1.29 is 21.6 Å². The van der Waals surface area contributed by atoms with Crippen molar-refractivity contribution in [3.05, 3.63) is 88.4 Å². The number of hydrogen-bond donors (Lipinski definition) is 0. The normalized spacial score (nSPS) is 14.1. The van der Waals surface area contributed by atoms with Gasteiger partial charge in [-0.15, -0.1) is 0 Å². The standard InChI is InChI=1S/C24H22ClNO5S2/c1-32(28,29)19-10-12-20(13-11-19)33(30,31)26-14-4-5-18-9-8-17(15-23(18)26)16-24(27)21-6-2-3-7-22(21)25/h2-3,6-13,15H,4-5,14,16H2,1H3. The van der Waals surface area contributed by atoms with Gasteiger partial charge in [-0.2, -0.15) is 0 Å². The van der Waals surface area contributed by atoms with Gasteiger partial charge in [-0.3, -0.25) is 9.10 Å². The van der Waals surface area contributed by atoms with Crippen LogP contribution in [-0.2, 0) is 32.7 Å². The van der Waals surface area contributed by atoms with E-state index in [1.165, 1.54) is 28.6 Å². The topological polar surface area (TPSA) is 88.6 Å². The van der Waals surface area contributed by atoms with Crippen LogP contribution in [0.2, 0.25) is 5.02 Å². The number of carbonyl (C=O) groups is 1. The smallest absolute Gasteiger partial charge is 0.264 e. The van der Waals surface area contributed by atoms with Crippen LogP contribution in [0.1, 0.15) is 27.9 Å². The van der Waals surface area contributed by atoms with Gasteiger partial charge in [0.2, 0.25) is 0 Å². The highest BCUT2D eigenvalue weighted by molar-refractivity contribution is 7.93. The van der Waals surface area contributed by atoms with E-state index in [9.17, 15) is 21.6 Å². The van der Waals surface area contributed by atoms with Crippen LogP contribution < -0.4 is 4.31 Å². The number of sulfone groups is 1. The zero-order chi connectivity index (χ0) is 23.8. The molecule has 0 aliphatic carbocycles. The van der Waals surface area contributed by atoms with Crippen LogP contribution in [0.3, 0.4) is 0 Å². The molecule has 172 valence electrons. The monoisotopic (exact) mass is 503 g/mol. The molecule has 3 aromatic rings. The predicted molar refractivity (Wildman–Crippen MR) is 128 cm³/mol. The van der Waals surface area contributed by atoms with Crippen LogP contribution in [0, 0.1) is 0 Å². The van der Waals surface area contributed by atoms with Crippen LogP contribution >= 0.6 is 11.6 Å². The summed E-state index contributed by atoms with van der Waals surface area (Å²) in [4.78, 5) is 12.8. The second-order valence-electron chi connectivity index (χ2n) is 7.97. The number of Topliss-reactive ketones (excluding diaryl/α,β-unsaturated/α-hetero) is 1. The molecule has 0 aromatic heterocycles. The van der Waals surface area contributed by atoms with Crippen molar-refractivity contribution in [2.75, 3.05) is 17.1 Å². The Hall–Kier alpha value is -2.68. The molecule has 0 radical (unpaired) electrons. The van der Waals surface area contributed by atoms with Crippen molar-refractivity contribution >= 4 is 42.9 Å². The molecule has 6 nitrogen and oxygen atoms in total. The first-order valence-electron chi connectivity index (χ1n) is 10.3. The summed E-state index contributed by atoms with van der Waals surface area (Å²) < 4.78 is 51.6. The van der Waals surface area contributed by atoms with E-state index in [0.717, 1.165) is 18.2 Å². The lowest BCUT2D eigenvalue weighted by Crippen LogP contribution is -2.35. The predicted octanol–water partition coefficient (Wildman–Crippen LogP) is 4.31. The number of carbonyl (C=O) groups excluding carboxylic acids is 1. The maximum atomic E-state index is 13.4. The zero-order valence-corrected chi connectivity index (χ0v) is 20.3. The quantitative estimate of drug-likeness (QED) is 0.468. The molecule has 1 aliphatic rings. The number of nitrogens with zero attached hydrogens (tertiary/aromatic N) is 1. The van der Waals surface area contributed by atoms with E-state index in [1.807, 2.05) is 12.1 Å². The molecule has 1 heterocycles. The van der Waals surface area contributed by atoms with Crippen molar-refractivity contribution in [3.8, 4) is 0 Å². The Balaban J connectivity index is 1.67. The number of benzene rings is 3. The van der Waals surface area contributed by atoms with Crippen LogP contribution in [0.25, 0.3) is 0 Å². The maximum absolute atomic E-state index is 13.4. The first kappa shape index (κ1) is 23.5. The Morgan fingerprint density at radius 3 is 2.27 bits per heavy atom. The summed E-state index contributed by atoms with van der Waals surface area (Å²) in [5, 5.41) is 0.377. The molecule has 0 amide bonds. The Labute approximate surface area is 198 Å². The minimum atomic E-state index is -3.91. The molecule has 9 heteroatoms. The number of sulfonamides is 1. The third kappa shape index (κ3) is 4.83. The molecule has 0 spiro atoms. The Kier molecular flexibility index (Phi) is 6.35. The Morgan fingerprint density at radius 2 is 1.61 bits per heavy atom. The van der Waals surface area contributed by atoms with Gasteiger partial charge in [0, 0.05) is 24.8 Å². The van der Waals surface area contributed by atoms with E-state index in [0.29, 0.717) is 34.8 Å². The minimum absolute atomic E-state index is 0.0142. The fraction of sp³-hybridized carbons (Fsp3) is 0.208. The van der Waals surface area contributed by atoms with E-state index in [1.54, 1.807) is 30.3 Å². The molecule has 0 unspecified atom stereocenters. The number of hydrogen-bond acceptors (Lipinski definition) is 5. The molecule has 33 heavy (non-hydrogen) atoms. The second-order valence-corrected chi connectivity index (χ2v) is 12.3. The molecule has 3 aromatic carbocycles. The molecular formula is C24H22ClNO5S2. The summed E-state index contributed by atoms with van der Waals surface area (Å²) in [5.41, 5.74) is 2.53. The zero-order valence-electron chi connectivity index (χ0n) is 17.9. The van der Waals surface area contributed by atoms with Crippen molar-refractivity contribution in [2.45, 2.75) is 29.1 Å². The number of rotatable bonds is 6. The highest BCUT2D eigenvalue weighted by Crippen LogP contribution is 2.33. The largest absolute Gasteiger partial charge is 0.294 e. The molecular weight excluding hydrogens is 482 g/mol. The van der Waals surface area contributed by atoms with Gasteiger partial charge in [0.05, 0.1) is 20.5 Å².